The molecule has 11 heteroatoms. The Kier molecular flexibility index (Phi) is 6.92. The number of aromatic nitrogens is 2. The van der Waals surface area contributed by atoms with E-state index in [0.717, 1.165) is 16.8 Å². The number of halogens is 4. The summed E-state index contributed by atoms with van der Waals surface area (Å²) in [6.45, 7) is 2.32. The number of para-hydroxylation sites is 1. The van der Waals surface area contributed by atoms with Gasteiger partial charge in [-0.05, 0) is 24.3 Å². The van der Waals surface area contributed by atoms with E-state index in [1.54, 1.807) is 24.3 Å². The lowest BCUT2D eigenvalue weighted by atomic mass is 10.2. The molecule has 0 radical (unpaired) electrons. The Bertz CT molecular complexity index is 1250. The maximum atomic E-state index is 14.1. The summed E-state index contributed by atoms with van der Waals surface area (Å²) in [5.41, 5.74) is 0.0739. The van der Waals surface area contributed by atoms with Crippen molar-refractivity contribution in [2.45, 2.75) is 0 Å². The van der Waals surface area contributed by atoms with E-state index in [1.807, 2.05) is 9.80 Å². The smallest absolute Gasteiger partial charge is 0.292 e. The minimum Gasteiger partial charge on any atom is -0.366 e. The number of piperazine rings is 1. The molecule has 0 unspecified atom stereocenters. The summed E-state index contributed by atoms with van der Waals surface area (Å²) in [4.78, 5) is 28.9. The van der Waals surface area contributed by atoms with E-state index >= 15 is 0 Å². The molecule has 1 aliphatic heterocycles. The zero-order valence-electron chi connectivity index (χ0n) is 17.3. The lowest BCUT2D eigenvalue weighted by Crippen LogP contribution is -2.49. The number of carbonyl (C=O) groups excluding carboxylic acids is 1. The standard InChI is InChI=1S/C22H19Cl2F2N5O2/c23-15-3-1-2-4-17(15)28-20(32)13-29-7-9-30(10-8-29)19-12-27-31(22(33)21(19)24)18-6-5-14(25)11-16(18)26/h1-6,11-12H,7-10,13H2,(H,28,32). The molecule has 1 N–H and O–H groups in total. The first-order valence-corrected chi connectivity index (χ1v) is 10.8. The van der Waals surface area contributed by atoms with Crippen molar-refractivity contribution in [2.75, 3.05) is 42.9 Å². The first-order chi connectivity index (χ1) is 15.8. The normalized spacial score (nSPS) is 14.4. The van der Waals surface area contributed by atoms with Crippen LogP contribution in [-0.4, -0.2) is 53.3 Å². The van der Waals surface area contributed by atoms with Gasteiger partial charge in [-0.2, -0.15) is 9.78 Å². The van der Waals surface area contributed by atoms with Crippen molar-refractivity contribution in [3.63, 3.8) is 0 Å². The lowest BCUT2D eigenvalue weighted by molar-refractivity contribution is -0.117. The molecule has 4 rings (SSSR count). The molecular weight excluding hydrogens is 475 g/mol. The molecule has 1 saturated heterocycles. The van der Waals surface area contributed by atoms with Crippen molar-refractivity contribution in [2.24, 2.45) is 0 Å². The third kappa shape index (κ3) is 5.16. The highest BCUT2D eigenvalue weighted by molar-refractivity contribution is 6.33. The molecule has 1 fully saturated rings. The predicted molar refractivity (Wildman–Crippen MR) is 123 cm³/mol. The number of rotatable bonds is 5. The van der Waals surface area contributed by atoms with Crippen molar-refractivity contribution in [1.29, 1.82) is 0 Å². The molecule has 0 aliphatic carbocycles. The van der Waals surface area contributed by atoms with Crippen LogP contribution in [0, 0.1) is 11.6 Å². The number of nitrogens with one attached hydrogen (secondary N) is 1. The molecule has 2 heterocycles. The van der Waals surface area contributed by atoms with E-state index in [-0.39, 0.29) is 23.2 Å². The highest BCUT2D eigenvalue weighted by Gasteiger charge is 2.23. The minimum absolute atomic E-state index is 0.112. The lowest BCUT2D eigenvalue weighted by Gasteiger charge is -2.35. The van der Waals surface area contributed by atoms with Gasteiger partial charge >= 0.3 is 0 Å². The van der Waals surface area contributed by atoms with E-state index < -0.39 is 17.2 Å². The molecule has 0 saturated carbocycles. The third-order valence-corrected chi connectivity index (χ3v) is 5.95. The molecule has 172 valence electrons. The maximum absolute atomic E-state index is 14.1. The number of nitrogens with zero attached hydrogens (tertiary/aromatic N) is 4. The summed E-state index contributed by atoms with van der Waals surface area (Å²) in [6.07, 6.45) is 1.38. The Morgan fingerprint density at radius 3 is 2.45 bits per heavy atom. The average Bonchev–Trinajstić information content (AvgIpc) is 2.78. The summed E-state index contributed by atoms with van der Waals surface area (Å²) in [6, 6.07) is 9.84. The van der Waals surface area contributed by atoms with Crippen LogP contribution in [-0.2, 0) is 4.79 Å². The van der Waals surface area contributed by atoms with Crippen molar-refractivity contribution >= 4 is 40.5 Å². The molecule has 3 aromatic rings. The van der Waals surface area contributed by atoms with Crippen LogP contribution in [0.5, 0.6) is 0 Å². The zero-order chi connectivity index (χ0) is 23.5. The van der Waals surface area contributed by atoms with Gasteiger partial charge in [0.2, 0.25) is 5.91 Å². The van der Waals surface area contributed by atoms with Crippen LogP contribution in [0.3, 0.4) is 0 Å². The van der Waals surface area contributed by atoms with Crippen LogP contribution in [0.25, 0.3) is 5.69 Å². The summed E-state index contributed by atoms with van der Waals surface area (Å²) < 4.78 is 28.0. The number of amides is 1. The van der Waals surface area contributed by atoms with Crippen molar-refractivity contribution < 1.29 is 13.6 Å². The molecule has 0 spiro atoms. The Morgan fingerprint density at radius 2 is 1.76 bits per heavy atom. The SMILES string of the molecule is O=C(CN1CCN(c2cnn(-c3ccc(F)cc3F)c(=O)c2Cl)CC1)Nc1ccccc1Cl. The molecule has 0 bridgehead atoms. The summed E-state index contributed by atoms with van der Waals surface area (Å²) in [5, 5.41) is 7.17. The first kappa shape index (κ1) is 23.2. The van der Waals surface area contributed by atoms with Crippen LogP contribution in [0.1, 0.15) is 0 Å². The highest BCUT2D eigenvalue weighted by Crippen LogP contribution is 2.24. The predicted octanol–water partition coefficient (Wildman–Crippen LogP) is 3.58. The molecule has 2 aromatic carbocycles. The van der Waals surface area contributed by atoms with Gasteiger partial charge in [0.05, 0.1) is 29.1 Å². The van der Waals surface area contributed by atoms with Crippen LogP contribution < -0.4 is 15.8 Å². The average molecular weight is 494 g/mol. The monoisotopic (exact) mass is 493 g/mol. The van der Waals surface area contributed by atoms with Gasteiger partial charge in [-0.3, -0.25) is 14.5 Å². The first-order valence-electron chi connectivity index (χ1n) is 10.1. The van der Waals surface area contributed by atoms with Crippen molar-refractivity contribution in [1.82, 2.24) is 14.7 Å². The quantitative estimate of drug-likeness (QED) is 0.588. The number of hydrogen-bond acceptors (Lipinski definition) is 5. The largest absolute Gasteiger partial charge is 0.366 e. The van der Waals surface area contributed by atoms with Gasteiger partial charge in [0, 0.05) is 32.2 Å². The van der Waals surface area contributed by atoms with E-state index in [4.69, 9.17) is 23.2 Å². The van der Waals surface area contributed by atoms with Crippen LogP contribution in [0.4, 0.5) is 20.2 Å². The number of carbonyl (C=O) groups is 1. The van der Waals surface area contributed by atoms with E-state index in [0.29, 0.717) is 48.6 Å². The van der Waals surface area contributed by atoms with Gasteiger partial charge in [-0.15, -0.1) is 0 Å². The Morgan fingerprint density at radius 1 is 1.03 bits per heavy atom. The number of hydrogen-bond donors (Lipinski definition) is 1. The molecule has 1 amide bonds. The van der Waals surface area contributed by atoms with Crippen LogP contribution in [0.2, 0.25) is 10.0 Å². The minimum atomic E-state index is -0.919. The third-order valence-electron chi connectivity index (χ3n) is 5.27. The second-order valence-electron chi connectivity index (χ2n) is 7.45. The number of anilines is 2. The maximum Gasteiger partial charge on any atom is 0.292 e. The highest BCUT2D eigenvalue weighted by atomic mass is 35.5. The Labute approximate surface area is 198 Å². The fourth-order valence-electron chi connectivity index (χ4n) is 3.57. The van der Waals surface area contributed by atoms with E-state index in [9.17, 15) is 18.4 Å². The van der Waals surface area contributed by atoms with Gasteiger partial charge in [0.1, 0.15) is 16.5 Å². The molecule has 1 aromatic heterocycles. The summed E-state index contributed by atoms with van der Waals surface area (Å²) in [5.74, 6) is -1.86. The summed E-state index contributed by atoms with van der Waals surface area (Å²) in [7, 11) is 0. The second-order valence-corrected chi connectivity index (χ2v) is 8.23. The van der Waals surface area contributed by atoms with Crippen LogP contribution in [0.15, 0.2) is 53.5 Å². The summed E-state index contributed by atoms with van der Waals surface area (Å²) >= 11 is 12.4. The molecule has 0 atom stereocenters. The fourth-order valence-corrected chi connectivity index (χ4v) is 4.00. The Balaban J connectivity index is 1.40. The van der Waals surface area contributed by atoms with Gasteiger partial charge in [0.25, 0.3) is 5.56 Å². The zero-order valence-corrected chi connectivity index (χ0v) is 18.8. The van der Waals surface area contributed by atoms with Crippen molar-refractivity contribution in [3.8, 4) is 5.69 Å². The molecule has 7 nitrogen and oxygen atoms in total. The molecule has 1 aliphatic rings. The fraction of sp³-hybridized carbons (Fsp3) is 0.227. The van der Waals surface area contributed by atoms with E-state index in [2.05, 4.69) is 10.4 Å². The van der Waals surface area contributed by atoms with Gasteiger partial charge < -0.3 is 10.2 Å². The van der Waals surface area contributed by atoms with Gasteiger partial charge in [0.15, 0.2) is 5.82 Å². The topological polar surface area (TPSA) is 70.5 Å². The molecular formula is C22H19Cl2F2N5O2. The molecule has 33 heavy (non-hydrogen) atoms. The van der Waals surface area contributed by atoms with E-state index in [1.165, 1.54) is 6.20 Å². The van der Waals surface area contributed by atoms with Crippen molar-refractivity contribution in [3.05, 3.63) is 80.7 Å². The van der Waals surface area contributed by atoms with Crippen LogP contribution >= 0.6 is 23.2 Å². The second kappa shape index (κ2) is 9.86. The number of benzene rings is 2. The van der Waals surface area contributed by atoms with Gasteiger partial charge in [-0.1, -0.05) is 35.3 Å². The van der Waals surface area contributed by atoms with Gasteiger partial charge in [-0.25, -0.2) is 8.78 Å². The Hall–Kier alpha value is -3.01.